The van der Waals surface area contributed by atoms with Crippen molar-refractivity contribution in [2.45, 2.75) is 77.7 Å². The SMILES string of the molecule is CCCCCCCCC(CNC(C)C)c1ccccc1F. The monoisotopic (exact) mass is 293 g/mol. The molecule has 21 heavy (non-hydrogen) atoms. The molecule has 120 valence electrons. The van der Waals surface area contributed by atoms with Crippen LogP contribution in [0.2, 0.25) is 0 Å². The van der Waals surface area contributed by atoms with Crippen molar-refractivity contribution < 1.29 is 4.39 Å². The quantitative estimate of drug-likeness (QED) is 0.519. The highest BCUT2D eigenvalue weighted by atomic mass is 19.1. The minimum Gasteiger partial charge on any atom is -0.314 e. The highest BCUT2D eigenvalue weighted by molar-refractivity contribution is 5.22. The van der Waals surface area contributed by atoms with Gasteiger partial charge >= 0.3 is 0 Å². The molecule has 0 aromatic heterocycles. The summed E-state index contributed by atoms with van der Waals surface area (Å²) in [7, 11) is 0. The minimum absolute atomic E-state index is 0.0564. The molecule has 0 aliphatic heterocycles. The zero-order chi connectivity index (χ0) is 15.5. The summed E-state index contributed by atoms with van der Waals surface area (Å²) >= 11 is 0. The van der Waals surface area contributed by atoms with Crippen LogP contribution in [-0.4, -0.2) is 12.6 Å². The molecule has 1 atom stereocenters. The molecule has 0 radical (unpaired) electrons. The summed E-state index contributed by atoms with van der Waals surface area (Å²) in [5.41, 5.74) is 0.874. The van der Waals surface area contributed by atoms with Crippen LogP contribution in [-0.2, 0) is 0 Å². The second-order valence-electron chi connectivity index (χ2n) is 6.34. The Kier molecular flexibility index (Phi) is 9.32. The third-order valence-corrected chi connectivity index (χ3v) is 4.02. The number of hydrogen-bond acceptors (Lipinski definition) is 1. The van der Waals surface area contributed by atoms with Gasteiger partial charge in [-0.25, -0.2) is 4.39 Å². The summed E-state index contributed by atoms with van der Waals surface area (Å²) < 4.78 is 14.0. The molecule has 0 heterocycles. The van der Waals surface area contributed by atoms with Crippen LogP contribution in [0.1, 0.15) is 77.2 Å². The van der Waals surface area contributed by atoms with E-state index in [-0.39, 0.29) is 5.82 Å². The maximum absolute atomic E-state index is 14.0. The Balaban J connectivity index is 2.47. The van der Waals surface area contributed by atoms with Crippen molar-refractivity contribution >= 4 is 0 Å². The summed E-state index contributed by atoms with van der Waals surface area (Å²) in [6, 6.07) is 7.69. The summed E-state index contributed by atoms with van der Waals surface area (Å²) in [4.78, 5) is 0. The zero-order valence-electron chi connectivity index (χ0n) is 14.0. The molecule has 0 fully saturated rings. The van der Waals surface area contributed by atoms with Crippen LogP contribution < -0.4 is 5.32 Å². The van der Waals surface area contributed by atoms with Crippen molar-refractivity contribution in [3.05, 3.63) is 35.6 Å². The largest absolute Gasteiger partial charge is 0.314 e. The predicted octanol–water partition coefficient (Wildman–Crippen LogP) is 5.66. The van der Waals surface area contributed by atoms with E-state index in [0.29, 0.717) is 12.0 Å². The Morgan fingerprint density at radius 3 is 2.33 bits per heavy atom. The van der Waals surface area contributed by atoms with Crippen molar-refractivity contribution in [2.75, 3.05) is 6.54 Å². The third-order valence-electron chi connectivity index (χ3n) is 4.02. The molecule has 0 amide bonds. The first kappa shape index (κ1) is 18.2. The zero-order valence-corrected chi connectivity index (χ0v) is 14.0. The lowest BCUT2D eigenvalue weighted by molar-refractivity contribution is 0.467. The normalized spacial score (nSPS) is 12.8. The van der Waals surface area contributed by atoms with E-state index in [4.69, 9.17) is 0 Å². The van der Waals surface area contributed by atoms with Crippen LogP contribution in [0, 0.1) is 5.82 Å². The molecule has 1 rings (SSSR count). The number of benzene rings is 1. The molecule has 1 aromatic carbocycles. The first-order valence-electron chi connectivity index (χ1n) is 8.63. The van der Waals surface area contributed by atoms with Gasteiger partial charge in [-0.1, -0.05) is 77.5 Å². The fourth-order valence-corrected chi connectivity index (χ4v) is 2.72. The maximum Gasteiger partial charge on any atom is 0.126 e. The second kappa shape index (κ2) is 10.8. The smallest absolute Gasteiger partial charge is 0.126 e. The number of unbranched alkanes of at least 4 members (excludes halogenated alkanes) is 5. The molecular formula is C19H32FN. The Labute approximate surface area is 130 Å². The molecule has 1 aromatic rings. The maximum atomic E-state index is 14.0. The van der Waals surface area contributed by atoms with Crippen molar-refractivity contribution in [2.24, 2.45) is 0 Å². The number of halogens is 1. The van der Waals surface area contributed by atoms with E-state index in [9.17, 15) is 4.39 Å². The minimum atomic E-state index is -0.0564. The van der Waals surface area contributed by atoms with Crippen LogP contribution >= 0.6 is 0 Å². The fourth-order valence-electron chi connectivity index (χ4n) is 2.72. The molecule has 0 aliphatic rings. The number of hydrogen-bond donors (Lipinski definition) is 1. The number of rotatable bonds is 11. The van der Waals surface area contributed by atoms with E-state index in [1.54, 1.807) is 12.1 Å². The highest BCUT2D eigenvalue weighted by Gasteiger charge is 2.15. The van der Waals surface area contributed by atoms with E-state index in [1.807, 2.05) is 12.1 Å². The van der Waals surface area contributed by atoms with Gasteiger partial charge < -0.3 is 5.32 Å². The summed E-state index contributed by atoms with van der Waals surface area (Å²) in [6.07, 6.45) is 8.82. The van der Waals surface area contributed by atoms with E-state index < -0.39 is 0 Å². The van der Waals surface area contributed by atoms with E-state index in [0.717, 1.165) is 18.5 Å². The Morgan fingerprint density at radius 1 is 1.00 bits per heavy atom. The van der Waals surface area contributed by atoms with Gasteiger partial charge in [-0.05, 0) is 24.0 Å². The molecular weight excluding hydrogens is 261 g/mol. The molecule has 0 bridgehead atoms. The molecule has 0 saturated heterocycles. The summed E-state index contributed by atoms with van der Waals surface area (Å²) in [5.74, 6) is 0.235. The first-order chi connectivity index (χ1) is 10.1. The molecule has 1 N–H and O–H groups in total. The lowest BCUT2D eigenvalue weighted by atomic mass is 9.92. The van der Waals surface area contributed by atoms with Gasteiger partial charge in [-0.3, -0.25) is 0 Å². The van der Waals surface area contributed by atoms with Crippen molar-refractivity contribution in [3.8, 4) is 0 Å². The van der Waals surface area contributed by atoms with E-state index in [1.165, 1.54) is 38.5 Å². The molecule has 0 saturated carbocycles. The first-order valence-corrected chi connectivity index (χ1v) is 8.63. The lowest BCUT2D eigenvalue weighted by Gasteiger charge is -2.20. The van der Waals surface area contributed by atoms with Gasteiger partial charge in [0.25, 0.3) is 0 Å². The molecule has 1 unspecified atom stereocenters. The molecule has 0 spiro atoms. The van der Waals surface area contributed by atoms with Crippen molar-refractivity contribution in [1.29, 1.82) is 0 Å². The van der Waals surface area contributed by atoms with Crippen LogP contribution in [0.3, 0.4) is 0 Å². The van der Waals surface area contributed by atoms with Crippen molar-refractivity contribution in [3.63, 3.8) is 0 Å². The van der Waals surface area contributed by atoms with Gasteiger partial charge in [0.1, 0.15) is 5.82 Å². The molecule has 2 heteroatoms. The second-order valence-corrected chi connectivity index (χ2v) is 6.34. The molecule has 1 nitrogen and oxygen atoms in total. The van der Waals surface area contributed by atoms with Crippen LogP contribution in [0.5, 0.6) is 0 Å². The Hall–Kier alpha value is -0.890. The Bertz CT molecular complexity index is 376. The number of nitrogens with one attached hydrogen (secondary N) is 1. The standard InChI is InChI=1S/C19H32FN/c1-4-5-6-7-8-9-12-17(15-21-16(2)3)18-13-10-11-14-19(18)20/h10-11,13-14,16-17,21H,4-9,12,15H2,1-3H3. The lowest BCUT2D eigenvalue weighted by Crippen LogP contribution is -2.28. The predicted molar refractivity (Wildman–Crippen MR) is 90.3 cm³/mol. The van der Waals surface area contributed by atoms with Crippen LogP contribution in [0.4, 0.5) is 4.39 Å². The Morgan fingerprint density at radius 2 is 1.67 bits per heavy atom. The van der Waals surface area contributed by atoms with Gasteiger partial charge in [-0.2, -0.15) is 0 Å². The highest BCUT2D eigenvalue weighted by Crippen LogP contribution is 2.25. The van der Waals surface area contributed by atoms with Crippen molar-refractivity contribution in [1.82, 2.24) is 5.32 Å². The summed E-state index contributed by atoms with van der Waals surface area (Å²) in [6.45, 7) is 7.39. The van der Waals surface area contributed by atoms with E-state index in [2.05, 4.69) is 26.1 Å². The van der Waals surface area contributed by atoms with Gasteiger partial charge in [0, 0.05) is 12.6 Å². The summed E-state index contributed by atoms with van der Waals surface area (Å²) in [5, 5.41) is 3.47. The molecule has 0 aliphatic carbocycles. The average molecular weight is 293 g/mol. The average Bonchev–Trinajstić information content (AvgIpc) is 2.46. The van der Waals surface area contributed by atoms with Gasteiger partial charge in [0.05, 0.1) is 0 Å². The third kappa shape index (κ3) is 7.61. The van der Waals surface area contributed by atoms with Crippen LogP contribution in [0.15, 0.2) is 24.3 Å². The topological polar surface area (TPSA) is 12.0 Å². The van der Waals surface area contributed by atoms with E-state index >= 15 is 0 Å². The van der Waals surface area contributed by atoms with Gasteiger partial charge in [-0.15, -0.1) is 0 Å². The fraction of sp³-hybridized carbons (Fsp3) is 0.684. The van der Waals surface area contributed by atoms with Gasteiger partial charge in [0.2, 0.25) is 0 Å². The van der Waals surface area contributed by atoms with Gasteiger partial charge in [0.15, 0.2) is 0 Å². The van der Waals surface area contributed by atoms with Crippen LogP contribution in [0.25, 0.3) is 0 Å².